The maximum Gasteiger partial charge on any atom is 0.127 e. The Balaban J connectivity index is 0.961. The molecule has 410 valence electrons. The number of ether oxygens (including phenoxy) is 3. The van der Waals surface area contributed by atoms with Crippen LogP contribution < -0.4 is 19.1 Å². The van der Waals surface area contributed by atoms with E-state index in [-0.39, 0.29) is 0 Å². The first-order valence-corrected chi connectivity index (χ1v) is 29.2. The van der Waals surface area contributed by atoms with Crippen LogP contribution in [0.15, 0.2) is 194 Å². The highest BCUT2D eigenvalue weighted by Crippen LogP contribution is 2.37. The van der Waals surface area contributed by atoms with Crippen molar-refractivity contribution in [3.05, 3.63) is 250 Å². The molecule has 8 aromatic rings. The summed E-state index contributed by atoms with van der Waals surface area (Å²) < 4.78 is 18.8. The van der Waals surface area contributed by atoms with Crippen molar-refractivity contribution in [2.24, 2.45) is 17.8 Å². The minimum atomic E-state index is 0.559. The van der Waals surface area contributed by atoms with Crippen LogP contribution in [0.3, 0.4) is 0 Å². The third-order valence-corrected chi connectivity index (χ3v) is 14.6. The number of unbranched alkanes of at least 4 members (excludes halogenated alkanes) is 1. The summed E-state index contributed by atoms with van der Waals surface area (Å²) in [6.07, 6.45) is 22.2. The standard InChI is InChI=1S/C77H79NO3/c1-7-9-19-61(8-2)58-81-75-52-50-74(51-53-75)78(72-46-40-68(41-47-72)36-32-65-28-26-64(27-29-65)25-24-62-20-12-10-13-21-62)73-48-42-69(43-49-73)37-33-66-30-34-67(35-31-66)39-44-70-57-77(80-55-54-60(5)18-16-17-59(3)4)71(56-76(70)79-6)45-38-63-22-14-11-15-23-63/h10-15,20-31,34-35,38-53,56-57,59-61H,7-9,16-19,54-55,58H2,1-6H3. The van der Waals surface area contributed by atoms with Crippen molar-refractivity contribution < 1.29 is 14.2 Å². The summed E-state index contributed by atoms with van der Waals surface area (Å²) in [7, 11) is 1.73. The molecule has 0 amide bonds. The average molecular weight is 1070 g/mol. The Kier molecular flexibility index (Phi) is 22.5. The van der Waals surface area contributed by atoms with E-state index >= 15 is 0 Å². The second-order valence-electron chi connectivity index (χ2n) is 21.4. The predicted molar refractivity (Wildman–Crippen MR) is 345 cm³/mol. The van der Waals surface area contributed by atoms with Gasteiger partial charge in [-0.1, -0.05) is 218 Å². The van der Waals surface area contributed by atoms with Gasteiger partial charge in [-0.2, -0.15) is 0 Å². The molecule has 8 aromatic carbocycles. The molecule has 4 heteroatoms. The number of benzene rings is 8. The number of anilines is 3. The Labute approximate surface area is 484 Å². The topological polar surface area (TPSA) is 30.9 Å². The zero-order valence-corrected chi connectivity index (χ0v) is 48.4. The van der Waals surface area contributed by atoms with Gasteiger partial charge in [0, 0.05) is 50.4 Å². The van der Waals surface area contributed by atoms with Crippen LogP contribution in [0, 0.1) is 41.4 Å². The molecule has 0 heterocycles. The van der Waals surface area contributed by atoms with E-state index in [1.807, 2.05) is 12.1 Å². The van der Waals surface area contributed by atoms with Crippen molar-refractivity contribution in [2.75, 3.05) is 25.2 Å². The molecule has 0 aromatic heterocycles. The highest BCUT2D eigenvalue weighted by atomic mass is 16.5. The van der Waals surface area contributed by atoms with E-state index in [1.165, 1.54) is 44.1 Å². The molecule has 0 saturated heterocycles. The van der Waals surface area contributed by atoms with Gasteiger partial charge < -0.3 is 19.1 Å². The summed E-state index contributed by atoms with van der Waals surface area (Å²) >= 11 is 0. The molecular weight excluding hydrogens is 987 g/mol. The maximum atomic E-state index is 6.55. The predicted octanol–water partition coefficient (Wildman–Crippen LogP) is 20.3. The number of nitrogens with zero attached hydrogens (tertiary/aromatic N) is 1. The second-order valence-corrected chi connectivity index (χ2v) is 21.4. The largest absolute Gasteiger partial charge is 0.496 e. The molecule has 0 spiro atoms. The van der Waals surface area contributed by atoms with Crippen LogP contribution in [0.5, 0.6) is 17.2 Å². The Morgan fingerprint density at radius 1 is 0.432 bits per heavy atom. The smallest absolute Gasteiger partial charge is 0.127 e. The third kappa shape index (κ3) is 18.7. The van der Waals surface area contributed by atoms with Gasteiger partial charge in [0.15, 0.2) is 0 Å². The molecule has 0 aliphatic rings. The molecule has 0 aliphatic heterocycles. The molecular formula is C77H79NO3. The maximum absolute atomic E-state index is 6.55. The lowest BCUT2D eigenvalue weighted by molar-refractivity contribution is 0.233. The van der Waals surface area contributed by atoms with E-state index < -0.39 is 0 Å². The molecule has 0 aliphatic carbocycles. The normalized spacial score (nSPS) is 12.0. The van der Waals surface area contributed by atoms with E-state index in [4.69, 9.17) is 14.2 Å². The minimum Gasteiger partial charge on any atom is -0.496 e. The van der Waals surface area contributed by atoms with Gasteiger partial charge in [-0.15, -0.1) is 0 Å². The highest BCUT2D eigenvalue weighted by Gasteiger charge is 2.15. The van der Waals surface area contributed by atoms with Gasteiger partial charge in [-0.25, -0.2) is 0 Å². The van der Waals surface area contributed by atoms with Gasteiger partial charge in [-0.05, 0) is 162 Å². The number of methoxy groups -OCH3 is 1. The monoisotopic (exact) mass is 1070 g/mol. The van der Waals surface area contributed by atoms with Gasteiger partial charge in [-0.3, -0.25) is 0 Å². The lowest BCUT2D eigenvalue weighted by Crippen LogP contribution is -2.12. The molecule has 0 radical (unpaired) electrons. The van der Waals surface area contributed by atoms with Crippen LogP contribution in [0.25, 0.3) is 36.5 Å². The molecule has 0 N–H and O–H groups in total. The summed E-state index contributed by atoms with van der Waals surface area (Å²) in [6, 6.07) is 67.0. The van der Waals surface area contributed by atoms with Crippen LogP contribution >= 0.6 is 0 Å². The van der Waals surface area contributed by atoms with Crippen LogP contribution in [0.1, 0.15) is 142 Å². The Morgan fingerprint density at radius 2 is 0.864 bits per heavy atom. The first-order chi connectivity index (χ1) is 39.7. The summed E-state index contributed by atoms with van der Waals surface area (Å²) in [5, 5.41) is 0. The van der Waals surface area contributed by atoms with Crippen LogP contribution in [0.2, 0.25) is 0 Å². The van der Waals surface area contributed by atoms with Gasteiger partial charge in [0.1, 0.15) is 17.2 Å². The van der Waals surface area contributed by atoms with E-state index in [9.17, 15) is 0 Å². The highest BCUT2D eigenvalue weighted by molar-refractivity contribution is 5.80. The molecule has 0 saturated carbocycles. The zero-order valence-electron chi connectivity index (χ0n) is 48.4. The lowest BCUT2D eigenvalue weighted by Gasteiger charge is -2.26. The Bertz CT molecular complexity index is 3390. The third-order valence-electron chi connectivity index (χ3n) is 14.6. The van der Waals surface area contributed by atoms with Gasteiger partial charge in [0.25, 0.3) is 0 Å². The zero-order chi connectivity index (χ0) is 56.4. The van der Waals surface area contributed by atoms with Crippen molar-refractivity contribution >= 4 is 53.5 Å². The first kappa shape index (κ1) is 58.4. The fraction of sp³-hybridized carbons (Fsp3) is 0.247. The molecule has 2 unspecified atom stereocenters. The Morgan fingerprint density at radius 3 is 1.32 bits per heavy atom. The van der Waals surface area contributed by atoms with Crippen LogP contribution in [0.4, 0.5) is 17.1 Å². The lowest BCUT2D eigenvalue weighted by atomic mass is 9.97. The molecule has 2 atom stereocenters. The second kappa shape index (κ2) is 31.2. The van der Waals surface area contributed by atoms with Crippen molar-refractivity contribution in [1.82, 2.24) is 0 Å². The van der Waals surface area contributed by atoms with E-state index in [0.29, 0.717) is 18.4 Å². The first-order valence-electron chi connectivity index (χ1n) is 29.2. The van der Waals surface area contributed by atoms with Gasteiger partial charge >= 0.3 is 0 Å². The van der Waals surface area contributed by atoms with Crippen molar-refractivity contribution in [3.8, 4) is 40.9 Å². The van der Waals surface area contributed by atoms with Crippen molar-refractivity contribution in [2.45, 2.75) is 86.0 Å². The van der Waals surface area contributed by atoms with E-state index in [2.05, 4.69) is 282 Å². The molecule has 8 rings (SSSR count). The summed E-state index contributed by atoms with van der Waals surface area (Å²) in [5.41, 5.74) is 13.3. The number of rotatable bonds is 25. The molecule has 0 bridgehead atoms. The fourth-order valence-corrected chi connectivity index (χ4v) is 9.52. The van der Waals surface area contributed by atoms with Crippen molar-refractivity contribution in [3.63, 3.8) is 0 Å². The SMILES string of the molecule is CCCCC(CC)COc1ccc(N(c2ccc(C#Cc3ccc(C=Cc4ccccc4)cc3)cc2)c2ccc(C#Cc3ccc(C=Cc4cc(OCCC(C)CCCC(C)C)c(C=Cc5ccccc5)cc4OC)cc3)cc2)cc1. The van der Waals surface area contributed by atoms with E-state index in [1.54, 1.807) is 7.11 Å². The Hall–Kier alpha value is -8.70. The minimum absolute atomic E-state index is 0.559. The van der Waals surface area contributed by atoms with Gasteiger partial charge in [0.2, 0.25) is 0 Å². The summed E-state index contributed by atoms with van der Waals surface area (Å²) in [5.74, 6) is 18.0. The average Bonchev–Trinajstić information content (AvgIpc) is 3.62. The number of hydrogen-bond acceptors (Lipinski definition) is 4. The summed E-state index contributed by atoms with van der Waals surface area (Å²) in [4.78, 5) is 2.26. The quantitative estimate of drug-likeness (QED) is 0.0422. The fourth-order valence-electron chi connectivity index (χ4n) is 9.52. The van der Waals surface area contributed by atoms with Crippen molar-refractivity contribution in [1.29, 1.82) is 0 Å². The number of hydrogen-bond donors (Lipinski definition) is 0. The molecule has 0 fully saturated rings. The van der Waals surface area contributed by atoms with Crippen LogP contribution in [-0.2, 0) is 0 Å². The molecule has 81 heavy (non-hydrogen) atoms. The van der Waals surface area contributed by atoms with Gasteiger partial charge in [0.05, 0.1) is 20.3 Å². The van der Waals surface area contributed by atoms with Crippen LogP contribution in [-0.4, -0.2) is 20.3 Å². The van der Waals surface area contributed by atoms with E-state index in [0.717, 1.165) is 110 Å². The summed E-state index contributed by atoms with van der Waals surface area (Å²) in [6.45, 7) is 12.8. The molecule has 4 nitrogen and oxygen atoms in total.